The van der Waals surface area contributed by atoms with Crippen LogP contribution in [0.1, 0.15) is 27.2 Å². The lowest BCUT2D eigenvalue weighted by Gasteiger charge is -2.17. The number of nitrogens with zero attached hydrogens (tertiary/aromatic N) is 3. The molecule has 0 aliphatic heterocycles. The van der Waals surface area contributed by atoms with Crippen molar-refractivity contribution in [3.63, 3.8) is 0 Å². The molecule has 6 aromatic rings. The molecule has 0 radical (unpaired) electrons. The maximum atomic E-state index is 12.4. The molecule has 5 heterocycles. The largest absolute Gasteiger partial charge is 0.472 e. The molecule has 0 aliphatic carbocycles. The predicted octanol–water partition coefficient (Wildman–Crippen LogP) is 6.80. The van der Waals surface area contributed by atoms with Gasteiger partial charge in [-0.15, -0.1) is 0 Å². The molecule has 5 aromatic heterocycles. The minimum absolute atomic E-state index is 0.0258. The molecule has 0 unspecified atom stereocenters. The smallest absolute Gasteiger partial charge is 0.224 e. The number of furan rings is 1. The Kier molecular flexibility index (Phi) is 5.37. The first-order valence-electron chi connectivity index (χ1n) is 12.1. The van der Waals surface area contributed by atoms with E-state index in [2.05, 4.69) is 42.6 Å². The van der Waals surface area contributed by atoms with Gasteiger partial charge >= 0.3 is 0 Å². The van der Waals surface area contributed by atoms with Gasteiger partial charge in [0.25, 0.3) is 0 Å². The van der Waals surface area contributed by atoms with E-state index in [9.17, 15) is 4.79 Å². The maximum Gasteiger partial charge on any atom is 0.224 e. The zero-order valence-electron chi connectivity index (χ0n) is 20.8. The molecule has 0 atom stereocenters. The first-order chi connectivity index (χ1) is 17.8. The third-order valence-corrected chi connectivity index (χ3v) is 6.24. The van der Waals surface area contributed by atoms with E-state index in [4.69, 9.17) is 4.42 Å². The molecular weight excluding hydrogens is 464 g/mol. The van der Waals surface area contributed by atoms with Crippen LogP contribution in [0, 0.1) is 5.41 Å². The number of rotatable bonds is 5. The molecule has 0 bridgehead atoms. The first-order valence-corrected chi connectivity index (χ1v) is 12.1. The number of hydrogen-bond donors (Lipinski definition) is 3. The van der Waals surface area contributed by atoms with Gasteiger partial charge in [0.1, 0.15) is 5.69 Å². The Hall–Kier alpha value is -4.72. The first kappa shape index (κ1) is 22.7. The van der Waals surface area contributed by atoms with Crippen LogP contribution >= 0.6 is 0 Å². The van der Waals surface area contributed by atoms with Crippen LogP contribution in [0.25, 0.3) is 55.4 Å². The van der Waals surface area contributed by atoms with Gasteiger partial charge in [-0.3, -0.25) is 19.9 Å². The SMILES string of the molecule is CC(C)(C)CC(=O)Nc1cncc(-c2ccc3[nH]nc(-c4cc5c(-c6ccoc6)cncc5[nH]4)c3c2)c1. The van der Waals surface area contributed by atoms with Crippen LogP contribution in [0.3, 0.4) is 0 Å². The standard InChI is InChI=1S/C29H26N6O2/c1-29(2,3)11-27(36)32-20-8-19(12-30-13-20)17-4-5-24-22(9-17)28(35-34-24)25-10-21-23(18-6-7-37-16-18)14-31-15-26(21)33-25/h4-10,12-16,33H,11H2,1-3H3,(H,32,36)(H,34,35). The fourth-order valence-corrected chi connectivity index (χ4v) is 4.58. The van der Waals surface area contributed by atoms with E-state index in [0.717, 1.165) is 55.4 Å². The summed E-state index contributed by atoms with van der Waals surface area (Å²) >= 11 is 0. The van der Waals surface area contributed by atoms with Gasteiger partial charge in [-0.05, 0) is 41.3 Å². The van der Waals surface area contributed by atoms with Crippen molar-refractivity contribution in [3.8, 4) is 33.6 Å². The van der Waals surface area contributed by atoms with E-state index < -0.39 is 0 Å². The van der Waals surface area contributed by atoms with E-state index in [-0.39, 0.29) is 11.3 Å². The molecule has 184 valence electrons. The summed E-state index contributed by atoms with van der Waals surface area (Å²) in [4.78, 5) is 24.6. The quantitative estimate of drug-likeness (QED) is 0.246. The zero-order valence-corrected chi connectivity index (χ0v) is 20.8. The Bertz CT molecular complexity index is 1740. The summed E-state index contributed by atoms with van der Waals surface area (Å²) < 4.78 is 5.28. The average molecular weight is 491 g/mol. The minimum atomic E-state index is -0.0875. The summed E-state index contributed by atoms with van der Waals surface area (Å²) in [6.45, 7) is 6.13. The minimum Gasteiger partial charge on any atom is -0.472 e. The molecule has 8 nitrogen and oxygen atoms in total. The molecular formula is C29H26N6O2. The van der Waals surface area contributed by atoms with Crippen molar-refractivity contribution in [3.05, 3.63) is 73.7 Å². The lowest BCUT2D eigenvalue weighted by atomic mass is 9.92. The number of H-pyrrole nitrogens is 2. The highest BCUT2D eigenvalue weighted by Crippen LogP contribution is 2.35. The second-order valence-corrected chi connectivity index (χ2v) is 10.4. The fraction of sp³-hybridized carbons (Fsp3) is 0.172. The monoisotopic (exact) mass is 490 g/mol. The molecule has 6 rings (SSSR count). The van der Waals surface area contributed by atoms with Gasteiger partial charge in [0.05, 0.1) is 47.3 Å². The zero-order chi connectivity index (χ0) is 25.6. The van der Waals surface area contributed by atoms with Crippen molar-refractivity contribution in [2.24, 2.45) is 5.41 Å². The van der Waals surface area contributed by atoms with Crippen LogP contribution in [0.2, 0.25) is 0 Å². The number of hydrogen-bond acceptors (Lipinski definition) is 5. The number of pyridine rings is 2. The van der Waals surface area contributed by atoms with Crippen molar-refractivity contribution < 1.29 is 9.21 Å². The van der Waals surface area contributed by atoms with E-state index in [0.29, 0.717) is 12.1 Å². The van der Waals surface area contributed by atoms with Gasteiger partial charge < -0.3 is 14.7 Å². The van der Waals surface area contributed by atoms with Crippen LogP contribution in [0.4, 0.5) is 5.69 Å². The number of carbonyl (C=O) groups is 1. The Morgan fingerprint density at radius 3 is 2.59 bits per heavy atom. The van der Waals surface area contributed by atoms with Crippen molar-refractivity contribution in [1.29, 1.82) is 0 Å². The van der Waals surface area contributed by atoms with Crippen LogP contribution in [-0.2, 0) is 4.79 Å². The van der Waals surface area contributed by atoms with Gasteiger partial charge in [0.15, 0.2) is 0 Å². The van der Waals surface area contributed by atoms with Crippen LogP contribution in [-0.4, -0.2) is 31.1 Å². The molecule has 0 saturated heterocycles. The van der Waals surface area contributed by atoms with E-state index >= 15 is 0 Å². The van der Waals surface area contributed by atoms with Crippen molar-refractivity contribution >= 4 is 33.4 Å². The maximum absolute atomic E-state index is 12.4. The van der Waals surface area contributed by atoms with E-state index in [1.807, 2.05) is 57.4 Å². The average Bonchev–Trinajstić information content (AvgIpc) is 3.61. The third-order valence-electron chi connectivity index (χ3n) is 6.24. The summed E-state index contributed by atoms with van der Waals surface area (Å²) in [6, 6.07) is 12.1. The summed E-state index contributed by atoms with van der Waals surface area (Å²) in [5.41, 5.74) is 7.98. The van der Waals surface area contributed by atoms with Gasteiger partial charge in [0.2, 0.25) is 5.91 Å². The molecule has 0 aliphatic rings. The number of carbonyl (C=O) groups excluding carboxylic acids is 1. The molecule has 37 heavy (non-hydrogen) atoms. The molecule has 8 heteroatoms. The van der Waals surface area contributed by atoms with Crippen LogP contribution in [0.5, 0.6) is 0 Å². The lowest BCUT2D eigenvalue weighted by molar-refractivity contribution is -0.117. The molecule has 0 fully saturated rings. The molecule has 0 saturated carbocycles. The van der Waals surface area contributed by atoms with Crippen molar-refractivity contribution in [2.45, 2.75) is 27.2 Å². The number of anilines is 1. The molecule has 3 N–H and O–H groups in total. The Balaban J connectivity index is 1.36. The molecule has 0 spiro atoms. The van der Waals surface area contributed by atoms with Crippen molar-refractivity contribution in [1.82, 2.24) is 25.1 Å². The summed E-state index contributed by atoms with van der Waals surface area (Å²) in [6.07, 6.45) is 10.9. The summed E-state index contributed by atoms with van der Waals surface area (Å²) in [7, 11) is 0. The lowest BCUT2D eigenvalue weighted by Crippen LogP contribution is -2.19. The number of amides is 1. The predicted molar refractivity (Wildman–Crippen MR) is 145 cm³/mol. The third kappa shape index (κ3) is 4.49. The van der Waals surface area contributed by atoms with Gasteiger partial charge in [0, 0.05) is 46.3 Å². The Labute approximate surface area is 213 Å². The van der Waals surface area contributed by atoms with E-state index in [1.165, 1.54) is 0 Å². The highest BCUT2D eigenvalue weighted by atomic mass is 16.3. The van der Waals surface area contributed by atoms with Crippen LogP contribution < -0.4 is 5.32 Å². The second-order valence-electron chi connectivity index (χ2n) is 10.4. The van der Waals surface area contributed by atoms with Gasteiger partial charge in [-0.1, -0.05) is 26.8 Å². The summed E-state index contributed by atoms with van der Waals surface area (Å²) in [5, 5.41) is 12.7. The van der Waals surface area contributed by atoms with Gasteiger partial charge in [-0.25, -0.2) is 0 Å². The number of benzene rings is 1. The number of aromatic amines is 2. The normalized spacial score (nSPS) is 11.9. The Morgan fingerprint density at radius 1 is 0.919 bits per heavy atom. The number of aromatic nitrogens is 5. The Morgan fingerprint density at radius 2 is 1.78 bits per heavy atom. The van der Waals surface area contributed by atoms with E-state index in [1.54, 1.807) is 24.9 Å². The van der Waals surface area contributed by atoms with Gasteiger partial charge in [-0.2, -0.15) is 5.10 Å². The highest BCUT2D eigenvalue weighted by Gasteiger charge is 2.17. The molecule has 1 aromatic carbocycles. The number of fused-ring (bicyclic) bond motifs is 2. The fourth-order valence-electron chi connectivity index (χ4n) is 4.58. The highest BCUT2D eigenvalue weighted by molar-refractivity contribution is 6.01. The second kappa shape index (κ2) is 8.74. The van der Waals surface area contributed by atoms with Crippen molar-refractivity contribution in [2.75, 3.05) is 5.32 Å². The summed E-state index contributed by atoms with van der Waals surface area (Å²) in [5.74, 6) is -0.0258. The van der Waals surface area contributed by atoms with Crippen LogP contribution in [0.15, 0.2) is 78.1 Å². The topological polar surface area (TPSA) is 112 Å². The molecule has 1 amide bonds. The number of nitrogens with one attached hydrogen (secondary N) is 3.